The molecule has 0 bridgehead atoms. The summed E-state index contributed by atoms with van der Waals surface area (Å²) in [7, 11) is 0. The Hall–Kier alpha value is -1.62. The van der Waals surface area contributed by atoms with Crippen molar-refractivity contribution >= 4 is 11.6 Å². The van der Waals surface area contributed by atoms with Crippen LogP contribution in [0, 0.1) is 5.82 Å². The summed E-state index contributed by atoms with van der Waals surface area (Å²) in [5, 5.41) is 3.28. The molecule has 0 aromatic heterocycles. The predicted octanol–water partition coefficient (Wildman–Crippen LogP) is 0.446. The Labute approximate surface area is 105 Å². The van der Waals surface area contributed by atoms with Gasteiger partial charge >= 0.3 is 0 Å². The molecule has 2 saturated heterocycles. The van der Waals surface area contributed by atoms with Gasteiger partial charge in [-0.05, 0) is 12.1 Å². The molecule has 2 fully saturated rings. The van der Waals surface area contributed by atoms with E-state index in [9.17, 15) is 9.18 Å². The van der Waals surface area contributed by atoms with Crippen molar-refractivity contribution in [3.05, 3.63) is 30.1 Å². The highest BCUT2D eigenvalue weighted by Gasteiger charge is 2.34. The Morgan fingerprint density at radius 1 is 1.33 bits per heavy atom. The van der Waals surface area contributed by atoms with Crippen LogP contribution in [0.15, 0.2) is 24.3 Å². The van der Waals surface area contributed by atoms with Crippen LogP contribution in [-0.4, -0.2) is 49.6 Å². The van der Waals surface area contributed by atoms with Crippen LogP contribution in [0.4, 0.5) is 10.1 Å². The van der Waals surface area contributed by atoms with Gasteiger partial charge in [0.1, 0.15) is 5.82 Å². The van der Waals surface area contributed by atoms with Crippen molar-refractivity contribution in [2.45, 2.75) is 6.04 Å². The Bertz CT molecular complexity index is 465. The second kappa shape index (κ2) is 4.57. The molecule has 1 amide bonds. The number of piperazine rings is 2. The van der Waals surface area contributed by atoms with E-state index in [4.69, 9.17) is 0 Å². The summed E-state index contributed by atoms with van der Waals surface area (Å²) in [6.45, 7) is 3.37. The molecule has 2 aliphatic rings. The number of carbonyl (C=O) groups excluding carboxylic acids is 1. The average molecular weight is 249 g/mol. The number of para-hydroxylation sites is 1. The minimum atomic E-state index is -0.262. The normalized spacial score (nSPS) is 24.1. The van der Waals surface area contributed by atoms with E-state index in [1.807, 2.05) is 9.80 Å². The molecule has 2 aliphatic heterocycles. The van der Waals surface area contributed by atoms with E-state index in [0.717, 1.165) is 19.6 Å². The van der Waals surface area contributed by atoms with E-state index in [0.29, 0.717) is 12.2 Å². The lowest BCUT2D eigenvalue weighted by Gasteiger charge is -2.44. The monoisotopic (exact) mass is 249 g/mol. The summed E-state index contributed by atoms with van der Waals surface area (Å²) in [5.41, 5.74) is 0.524. The maximum Gasteiger partial charge on any atom is 0.242 e. The van der Waals surface area contributed by atoms with Crippen molar-refractivity contribution in [2.24, 2.45) is 0 Å². The topological polar surface area (TPSA) is 35.6 Å². The Balaban J connectivity index is 1.83. The molecule has 0 aliphatic carbocycles. The van der Waals surface area contributed by atoms with E-state index >= 15 is 0 Å². The third-order valence-corrected chi connectivity index (χ3v) is 3.62. The minimum Gasteiger partial charge on any atom is -0.358 e. The first-order chi connectivity index (χ1) is 8.75. The molecule has 5 heteroatoms. The minimum absolute atomic E-state index is 0.0935. The Morgan fingerprint density at radius 3 is 3.00 bits per heavy atom. The van der Waals surface area contributed by atoms with Gasteiger partial charge in [-0.25, -0.2) is 4.39 Å². The summed E-state index contributed by atoms with van der Waals surface area (Å²) in [6.07, 6.45) is 0. The molecule has 18 heavy (non-hydrogen) atoms. The third-order valence-electron chi connectivity index (χ3n) is 3.62. The molecule has 1 aromatic carbocycles. The van der Waals surface area contributed by atoms with Crippen molar-refractivity contribution in [3.8, 4) is 0 Å². The standard InChI is InChI=1S/C13H16FN3O/c14-11-3-1-2-4-12(11)16-8-10-7-15-5-6-17(10)13(18)9-16/h1-4,10,15H,5-9H2. The van der Waals surface area contributed by atoms with E-state index in [-0.39, 0.29) is 24.3 Å². The number of nitrogens with zero attached hydrogens (tertiary/aromatic N) is 2. The van der Waals surface area contributed by atoms with Crippen LogP contribution >= 0.6 is 0 Å². The summed E-state index contributed by atoms with van der Waals surface area (Å²) in [5.74, 6) is -0.168. The molecular weight excluding hydrogens is 233 g/mol. The van der Waals surface area contributed by atoms with Crippen LogP contribution in [-0.2, 0) is 4.79 Å². The number of rotatable bonds is 1. The van der Waals surface area contributed by atoms with Gasteiger partial charge in [-0.1, -0.05) is 12.1 Å². The molecular formula is C13H16FN3O. The van der Waals surface area contributed by atoms with Crippen LogP contribution in [0.2, 0.25) is 0 Å². The van der Waals surface area contributed by atoms with Gasteiger partial charge in [0.15, 0.2) is 0 Å². The third kappa shape index (κ3) is 1.95. The fraction of sp³-hybridized carbons (Fsp3) is 0.462. The molecule has 0 spiro atoms. The van der Waals surface area contributed by atoms with Gasteiger partial charge in [0.25, 0.3) is 0 Å². The fourth-order valence-electron chi connectivity index (χ4n) is 2.72. The molecule has 0 saturated carbocycles. The summed E-state index contributed by atoms with van der Waals surface area (Å²) < 4.78 is 13.7. The van der Waals surface area contributed by atoms with Gasteiger partial charge in [-0.2, -0.15) is 0 Å². The lowest BCUT2D eigenvalue weighted by molar-refractivity contribution is -0.134. The van der Waals surface area contributed by atoms with E-state index < -0.39 is 0 Å². The smallest absolute Gasteiger partial charge is 0.242 e. The number of amides is 1. The zero-order valence-corrected chi connectivity index (χ0v) is 10.1. The van der Waals surface area contributed by atoms with Gasteiger partial charge in [0.05, 0.1) is 18.3 Å². The molecule has 4 nitrogen and oxygen atoms in total. The highest BCUT2D eigenvalue weighted by Crippen LogP contribution is 2.23. The zero-order chi connectivity index (χ0) is 12.5. The number of fused-ring (bicyclic) bond motifs is 1. The predicted molar refractivity (Wildman–Crippen MR) is 67.0 cm³/mol. The van der Waals surface area contributed by atoms with Crippen LogP contribution in [0.1, 0.15) is 0 Å². The van der Waals surface area contributed by atoms with Crippen LogP contribution in [0.5, 0.6) is 0 Å². The fourth-order valence-corrected chi connectivity index (χ4v) is 2.72. The van der Waals surface area contributed by atoms with Crippen molar-refractivity contribution < 1.29 is 9.18 Å². The Kier molecular flexibility index (Phi) is 2.91. The largest absolute Gasteiger partial charge is 0.358 e. The van der Waals surface area contributed by atoms with Gasteiger partial charge in [-0.15, -0.1) is 0 Å². The molecule has 1 aromatic rings. The van der Waals surface area contributed by atoms with Crippen LogP contribution < -0.4 is 10.2 Å². The quantitative estimate of drug-likeness (QED) is 0.785. The number of nitrogens with one attached hydrogen (secondary N) is 1. The van der Waals surface area contributed by atoms with E-state index in [2.05, 4.69) is 5.32 Å². The van der Waals surface area contributed by atoms with Gasteiger partial charge in [0, 0.05) is 26.2 Å². The van der Waals surface area contributed by atoms with Crippen molar-refractivity contribution in [2.75, 3.05) is 37.6 Å². The molecule has 1 N–H and O–H groups in total. The Morgan fingerprint density at radius 2 is 2.17 bits per heavy atom. The summed E-state index contributed by atoms with van der Waals surface area (Å²) >= 11 is 0. The zero-order valence-electron chi connectivity index (χ0n) is 10.1. The maximum atomic E-state index is 13.7. The molecule has 0 radical (unpaired) electrons. The number of halogens is 1. The van der Waals surface area contributed by atoms with Gasteiger partial charge < -0.3 is 15.1 Å². The SMILES string of the molecule is O=C1CN(c2ccccc2F)CC2CNCCN12. The lowest BCUT2D eigenvalue weighted by atomic mass is 10.1. The van der Waals surface area contributed by atoms with Crippen LogP contribution in [0.3, 0.4) is 0 Å². The number of hydrogen-bond acceptors (Lipinski definition) is 3. The van der Waals surface area contributed by atoms with Crippen molar-refractivity contribution in [3.63, 3.8) is 0 Å². The molecule has 3 rings (SSSR count). The average Bonchev–Trinajstić information content (AvgIpc) is 2.39. The first kappa shape index (κ1) is 11.5. The maximum absolute atomic E-state index is 13.7. The molecule has 1 unspecified atom stereocenters. The highest BCUT2D eigenvalue weighted by molar-refractivity contribution is 5.83. The molecule has 2 heterocycles. The van der Waals surface area contributed by atoms with E-state index in [1.165, 1.54) is 6.07 Å². The van der Waals surface area contributed by atoms with Gasteiger partial charge in [-0.3, -0.25) is 4.79 Å². The number of hydrogen-bond donors (Lipinski definition) is 1. The summed E-state index contributed by atoms with van der Waals surface area (Å²) in [4.78, 5) is 15.8. The lowest BCUT2D eigenvalue weighted by Crippen LogP contribution is -2.63. The number of anilines is 1. The summed E-state index contributed by atoms with van der Waals surface area (Å²) in [6, 6.07) is 6.78. The second-order valence-electron chi connectivity index (χ2n) is 4.78. The first-order valence-corrected chi connectivity index (χ1v) is 6.25. The molecule has 96 valence electrons. The molecule has 1 atom stereocenters. The van der Waals surface area contributed by atoms with Gasteiger partial charge in [0.2, 0.25) is 5.91 Å². The first-order valence-electron chi connectivity index (χ1n) is 6.25. The second-order valence-corrected chi connectivity index (χ2v) is 4.78. The van der Waals surface area contributed by atoms with E-state index in [1.54, 1.807) is 18.2 Å². The number of benzene rings is 1. The number of carbonyl (C=O) groups is 1. The van der Waals surface area contributed by atoms with Crippen LogP contribution in [0.25, 0.3) is 0 Å². The van der Waals surface area contributed by atoms with Crippen molar-refractivity contribution in [1.29, 1.82) is 0 Å². The highest BCUT2D eigenvalue weighted by atomic mass is 19.1. The van der Waals surface area contributed by atoms with Crippen molar-refractivity contribution in [1.82, 2.24) is 10.2 Å².